The first-order valence-corrected chi connectivity index (χ1v) is 21.7. The number of hydrogen-bond acceptors (Lipinski definition) is 4. The Morgan fingerprint density at radius 1 is 0.483 bits per heavy atom. The van der Waals surface area contributed by atoms with Crippen molar-refractivity contribution >= 4 is 23.4 Å². The SMILES string of the molecule is CC/C=C\C/C=C\C/C=C\C/C=C\C/C=C\CCCC(=O)NCCCCCC(=O)Nc1ccncc1.CC/C=C\C/C=C\C/C=C\C/C=C\C/C=C\CCCC(N)=O. The molecular formula is C51H76N4O3. The van der Waals surface area contributed by atoms with Gasteiger partial charge in [0.15, 0.2) is 0 Å². The zero-order valence-corrected chi connectivity index (χ0v) is 36.0. The minimum Gasteiger partial charge on any atom is -0.370 e. The van der Waals surface area contributed by atoms with Gasteiger partial charge in [0.25, 0.3) is 0 Å². The second-order valence-corrected chi connectivity index (χ2v) is 13.6. The van der Waals surface area contributed by atoms with Crippen molar-refractivity contribution in [3.8, 4) is 0 Å². The molecule has 0 aromatic carbocycles. The third-order valence-electron chi connectivity index (χ3n) is 8.25. The summed E-state index contributed by atoms with van der Waals surface area (Å²) in [5.41, 5.74) is 5.84. The molecular weight excluding hydrogens is 717 g/mol. The van der Waals surface area contributed by atoms with Gasteiger partial charge in [0.2, 0.25) is 17.7 Å². The maximum atomic E-state index is 11.9. The second-order valence-electron chi connectivity index (χ2n) is 13.6. The van der Waals surface area contributed by atoms with Crippen molar-refractivity contribution in [2.24, 2.45) is 5.73 Å². The number of hydrogen-bond donors (Lipinski definition) is 3. The molecule has 3 amide bonds. The first-order chi connectivity index (χ1) is 28.5. The molecule has 0 saturated heterocycles. The van der Waals surface area contributed by atoms with Gasteiger partial charge in [-0.05, 0) is 115 Å². The van der Waals surface area contributed by atoms with Crippen LogP contribution >= 0.6 is 0 Å². The van der Waals surface area contributed by atoms with E-state index in [1.807, 2.05) is 0 Å². The summed E-state index contributed by atoms with van der Waals surface area (Å²) in [4.78, 5) is 38.2. The van der Waals surface area contributed by atoms with E-state index in [9.17, 15) is 14.4 Å². The Hall–Kier alpha value is -5.04. The van der Waals surface area contributed by atoms with Crippen LogP contribution in [0.25, 0.3) is 0 Å². The Labute approximate surface area is 352 Å². The third-order valence-corrected chi connectivity index (χ3v) is 8.25. The summed E-state index contributed by atoms with van der Waals surface area (Å²) in [7, 11) is 0. The fourth-order valence-corrected chi connectivity index (χ4v) is 5.07. The van der Waals surface area contributed by atoms with Crippen LogP contribution in [0, 0.1) is 0 Å². The lowest BCUT2D eigenvalue weighted by Crippen LogP contribution is -2.24. The molecule has 0 fully saturated rings. The third kappa shape index (κ3) is 43.7. The van der Waals surface area contributed by atoms with Crippen LogP contribution in [0.3, 0.4) is 0 Å². The van der Waals surface area contributed by atoms with Crippen LogP contribution in [-0.2, 0) is 14.4 Å². The van der Waals surface area contributed by atoms with Gasteiger partial charge in [-0.3, -0.25) is 19.4 Å². The molecule has 1 aromatic heterocycles. The summed E-state index contributed by atoms with van der Waals surface area (Å²) in [6.45, 7) is 4.97. The predicted molar refractivity (Wildman–Crippen MR) is 250 cm³/mol. The zero-order valence-electron chi connectivity index (χ0n) is 36.0. The predicted octanol–water partition coefficient (Wildman–Crippen LogP) is 13.0. The summed E-state index contributed by atoms with van der Waals surface area (Å²) >= 11 is 0. The van der Waals surface area contributed by atoms with Crippen LogP contribution in [0.2, 0.25) is 0 Å². The van der Waals surface area contributed by atoms with Gasteiger partial charge in [-0.2, -0.15) is 0 Å². The largest absolute Gasteiger partial charge is 0.370 e. The van der Waals surface area contributed by atoms with Gasteiger partial charge in [-0.15, -0.1) is 0 Å². The molecule has 0 aliphatic heterocycles. The van der Waals surface area contributed by atoms with Gasteiger partial charge in [0.1, 0.15) is 0 Å². The fraction of sp³-hybridized carbons (Fsp3) is 0.451. The molecule has 0 aliphatic carbocycles. The van der Waals surface area contributed by atoms with Crippen LogP contribution < -0.4 is 16.4 Å². The van der Waals surface area contributed by atoms with Gasteiger partial charge in [-0.25, -0.2) is 0 Å². The van der Waals surface area contributed by atoms with Gasteiger partial charge in [0.05, 0.1) is 0 Å². The number of allylic oxidation sites excluding steroid dienone is 20. The van der Waals surface area contributed by atoms with Crippen molar-refractivity contribution in [3.05, 3.63) is 146 Å². The summed E-state index contributed by atoms with van der Waals surface area (Å²) in [5, 5.41) is 5.82. The van der Waals surface area contributed by atoms with Gasteiger partial charge in [-0.1, -0.05) is 142 Å². The first kappa shape index (κ1) is 53.0. The molecule has 0 saturated carbocycles. The van der Waals surface area contributed by atoms with E-state index in [0.717, 1.165) is 115 Å². The van der Waals surface area contributed by atoms with Gasteiger partial charge in [0, 0.05) is 43.9 Å². The molecule has 318 valence electrons. The monoisotopic (exact) mass is 793 g/mol. The average molecular weight is 793 g/mol. The number of nitrogens with zero attached hydrogens (tertiary/aromatic N) is 1. The Morgan fingerprint density at radius 3 is 1.28 bits per heavy atom. The number of carbonyl (C=O) groups excluding carboxylic acids is 3. The highest BCUT2D eigenvalue weighted by atomic mass is 16.2. The normalized spacial score (nSPS) is 12.3. The smallest absolute Gasteiger partial charge is 0.224 e. The fourth-order valence-electron chi connectivity index (χ4n) is 5.07. The van der Waals surface area contributed by atoms with Crippen LogP contribution in [-0.4, -0.2) is 29.3 Å². The molecule has 1 heterocycles. The molecule has 0 radical (unpaired) electrons. The van der Waals surface area contributed by atoms with Gasteiger partial charge < -0.3 is 16.4 Å². The minimum absolute atomic E-state index is 0.0141. The number of amides is 3. The number of nitrogens with one attached hydrogen (secondary N) is 2. The lowest BCUT2D eigenvalue weighted by Gasteiger charge is -2.06. The molecule has 0 spiro atoms. The number of pyridine rings is 1. The lowest BCUT2D eigenvalue weighted by molar-refractivity contribution is -0.121. The van der Waals surface area contributed by atoms with E-state index in [-0.39, 0.29) is 17.7 Å². The highest BCUT2D eigenvalue weighted by molar-refractivity contribution is 5.90. The van der Waals surface area contributed by atoms with Crippen LogP contribution in [0.15, 0.2) is 146 Å². The molecule has 7 heteroatoms. The summed E-state index contributed by atoms with van der Waals surface area (Å²) in [6, 6.07) is 3.55. The quantitative estimate of drug-likeness (QED) is 0.0486. The molecule has 1 rings (SSSR count). The van der Waals surface area contributed by atoms with E-state index in [0.29, 0.717) is 25.8 Å². The zero-order chi connectivity index (χ0) is 42.3. The van der Waals surface area contributed by atoms with E-state index < -0.39 is 0 Å². The van der Waals surface area contributed by atoms with Crippen LogP contribution in [0.4, 0.5) is 5.69 Å². The van der Waals surface area contributed by atoms with Crippen molar-refractivity contribution < 1.29 is 14.4 Å². The summed E-state index contributed by atoms with van der Waals surface area (Å²) < 4.78 is 0. The number of anilines is 1. The number of carbonyl (C=O) groups is 3. The second kappa shape index (κ2) is 44.7. The molecule has 0 unspecified atom stereocenters. The lowest BCUT2D eigenvalue weighted by atomic mass is 10.1. The Morgan fingerprint density at radius 2 is 0.862 bits per heavy atom. The average Bonchev–Trinajstić information content (AvgIpc) is 3.22. The van der Waals surface area contributed by atoms with Crippen LogP contribution in [0.5, 0.6) is 0 Å². The first-order valence-electron chi connectivity index (χ1n) is 21.7. The van der Waals surface area contributed by atoms with Crippen LogP contribution in [0.1, 0.15) is 142 Å². The summed E-state index contributed by atoms with van der Waals surface area (Å²) in [6.07, 6.45) is 64.8. The molecule has 1 aromatic rings. The van der Waals surface area contributed by atoms with Crippen molar-refractivity contribution in [1.29, 1.82) is 0 Å². The molecule has 0 atom stereocenters. The summed E-state index contributed by atoms with van der Waals surface area (Å²) in [5.74, 6) is -0.0922. The van der Waals surface area contributed by atoms with Crippen molar-refractivity contribution in [2.75, 3.05) is 11.9 Å². The molecule has 58 heavy (non-hydrogen) atoms. The van der Waals surface area contributed by atoms with E-state index in [1.165, 1.54) is 0 Å². The Kier molecular flexibility index (Phi) is 40.8. The van der Waals surface area contributed by atoms with E-state index in [4.69, 9.17) is 5.73 Å². The highest BCUT2D eigenvalue weighted by Gasteiger charge is 2.03. The number of primary amides is 1. The molecule has 7 nitrogen and oxygen atoms in total. The number of unbranched alkanes of at least 4 members (excludes halogenated alkanes) is 4. The molecule has 4 N–H and O–H groups in total. The van der Waals surface area contributed by atoms with E-state index >= 15 is 0 Å². The Bertz CT molecular complexity index is 1440. The minimum atomic E-state index is -0.215. The van der Waals surface area contributed by atoms with Crippen molar-refractivity contribution in [3.63, 3.8) is 0 Å². The maximum Gasteiger partial charge on any atom is 0.224 e. The standard InChI is InChI=1S/C31H45N3O2.C20H31NO/c1-2-3-4-5-6-7-8-9-10-11-12-13-14-15-16-17-19-22-30(35)33-26-21-18-20-23-31(36)34-29-24-27-32-28-25-29;1-2-3-4-5-6-7-8-9-10-11-12-13-14-15-16-17-18-19-20(21)22/h3-4,6-7,9-10,12-13,15-16,24-25,27-28H,2,5,8,11,14,17-23,26H2,1H3,(H,33,35)(H,32,34,36);3-4,6-7,9-10,12-13,15-16H,2,5,8,11,14,17-19H2,1H3,(H2,21,22)/b2*4-3-,7-6-,10-9-,13-12-,16-15-. The van der Waals surface area contributed by atoms with Gasteiger partial charge >= 0.3 is 0 Å². The number of aromatic nitrogens is 1. The van der Waals surface area contributed by atoms with E-state index in [1.54, 1.807) is 24.5 Å². The molecule has 0 bridgehead atoms. The maximum absolute atomic E-state index is 11.9. The highest BCUT2D eigenvalue weighted by Crippen LogP contribution is 2.07. The Balaban J connectivity index is 0.00000127. The van der Waals surface area contributed by atoms with E-state index in [2.05, 4.69) is 151 Å². The number of rotatable bonds is 33. The number of nitrogens with two attached hydrogens (primary N) is 1. The topological polar surface area (TPSA) is 114 Å². The van der Waals surface area contributed by atoms with Crippen molar-refractivity contribution in [2.45, 2.75) is 142 Å². The molecule has 0 aliphatic rings. The van der Waals surface area contributed by atoms with Crippen molar-refractivity contribution in [1.82, 2.24) is 10.3 Å².